The number of anilines is 1. The van der Waals surface area contributed by atoms with Gasteiger partial charge in [0.2, 0.25) is 11.8 Å². The van der Waals surface area contributed by atoms with Crippen LogP contribution in [-0.4, -0.2) is 52.9 Å². The highest BCUT2D eigenvalue weighted by Gasteiger charge is 2.38. The first-order valence-electron chi connectivity index (χ1n) is 10.4. The first kappa shape index (κ1) is 23.7. The lowest BCUT2D eigenvalue weighted by Crippen LogP contribution is -2.47. The summed E-state index contributed by atoms with van der Waals surface area (Å²) in [5.74, 6) is -0.185. The number of carbonyl (C=O) groups is 3. The molecule has 1 heterocycles. The van der Waals surface area contributed by atoms with Crippen LogP contribution in [0.15, 0.2) is 24.3 Å². The summed E-state index contributed by atoms with van der Waals surface area (Å²) in [5, 5.41) is 2.93. The van der Waals surface area contributed by atoms with Gasteiger partial charge in [-0.2, -0.15) is 0 Å². The second-order valence-corrected chi connectivity index (χ2v) is 9.93. The highest BCUT2D eigenvalue weighted by Crippen LogP contribution is 2.26. The summed E-state index contributed by atoms with van der Waals surface area (Å²) >= 11 is 0. The van der Waals surface area contributed by atoms with Crippen LogP contribution in [0, 0.1) is 5.41 Å². The van der Waals surface area contributed by atoms with Crippen LogP contribution in [-0.2, 0) is 20.9 Å². The predicted molar refractivity (Wildman–Crippen MR) is 117 cm³/mol. The van der Waals surface area contributed by atoms with Crippen LogP contribution in [0.4, 0.5) is 10.5 Å². The van der Waals surface area contributed by atoms with Gasteiger partial charge in [-0.15, -0.1) is 0 Å². The fraction of sp³-hybridized carbons (Fsp3) is 0.609. The second kappa shape index (κ2) is 9.06. The molecule has 1 aliphatic heterocycles. The minimum Gasteiger partial charge on any atom is -0.444 e. The summed E-state index contributed by atoms with van der Waals surface area (Å²) in [4.78, 5) is 40.9. The van der Waals surface area contributed by atoms with Gasteiger partial charge in [0.25, 0.3) is 0 Å². The van der Waals surface area contributed by atoms with Crippen LogP contribution in [0.5, 0.6) is 0 Å². The van der Waals surface area contributed by atoms with Gasteiger partial charge in [-0.05, 0) is 51.3 Å². The Morgan fingerprint density at radius 2 is 1.83 bits per heavy atom. The molecule has 1 saturated heterocycles. The normalized spacial score (nSPS) is 16.9. The topological polar surface area (TPSA) is 79.0 Å². The third kappa shape index (κ3) is 6.47. The average molecular weight is 418 g/mol. The Bertz CT molecular complexity index is 792. The zero-order valence-corrected chi connectivity index (χ0v) is 19.2. The van der Waals surface area contributed by atoms with Gasteiger partial charge in [0.05, 0.1) is 0 Å². The van der Waals surface area contributed by atoms with E-state index in [1.54, 1.807) is 18.0 Å². The van der Waals surface area contributed by atoms with E-state index in [1.165, 1.54) is 4.90 Å². The molecule has 2 rings (SSSR count). The fourth-order valence-electron chi connectivity index (χ4n) is 3.36. The summed E-state index contributed by atoms with van der Waals surface area (Å²) < 4.78 is 5.38. The van der Waals surface area contributed by atoms with Crippen molar-refractivity contribution < 1.29 is 19.1 Å². The van der Waals surface area contributed by atoms with Gasteiger partial charge in [0.15, 0.2) is 0 Å². The monoisotopic (exact) mass is 417 g/mol. The third-order valence-electron chi connectivity index (χ3n) is 4.78. The molecule has 1 unspecified atom stereocenters. The van der Waals surface area contributed by atoms with Crippen molar-refractivity contribution >= 4 is 23.6 Å². The van der Waals surface area contributed by atoms with Crippen molar-refractivity contribution in [1.29, 1.82) is 0 Å². The Labute approximate surface area is 179 Å². The Morgan fingerprint density at radius 3 is 2.43 bits per heavy atom. The minimum atomic E-state index is -0.557. The number of likely N-dealkylation sites (tertiary alicyclic amines) is 1. The molecule has 1 fully saturated rings. The Kier molecular flexibility index (Phi) is 7.16. The zero-order valence-electron chi connectivity index (χ0n) is 19.2. The van der Waals surface area contributed by atoms with Gasteiger partial charge in [-0.1, -0.05) is 32.9 Å². The van der Waals surface area contributed by atoms with E-state index in [1.807, 2.05) is 59.7 Å². The quantitative estimate of drug-likeness (QED) is 0.802. The van der Waals surface area contributed by atoms with Crippen LogP contribution in [0.25, 0.3) is 0 Å². The molecule has 1 aliphatic rings. The van der Waals surface area contributed by atoms with E-state index in [0.29, 0.717) is 25.2 Å². The van der Waals surface area contributed by atoms with Crippen molar-refractivity contribution in [3.8, 4) is 0 Å². The molecule has 1 aromatic carbocycles. The molecule has 1 N–H and O–H groups in total. The summed E-state index contributed by atoms with van der Waals surface area (Å²) in [6, 6.07) is 6.91. The van der Waals surface area contributed by atoms with Gasteiger partial charge in [-0.3, -0.25) is 9.59 Å². The predicted octanol–water partition coefficient (Wildman–Crippen LogP) is 4.03. The maximum Gasteiger partial charge on any atom is 0.410 e. The van der Waals surface area contributed by atoms with Crippen molar-refractivity contribution in [2.75, 3.05) is 18.9 Å². The maximum absolute atomic E-state index is 12.9. The van der Waals surface area contributed by atoms with Crippen molar-refractivity contribution in [3.63, 3.8) is 0 Å². The first-order valence-corrected chi connectivity index (χ1v) is 10.4. The standard InChI is InChI=1S/C23H35N3O4/c1-22(2,3)20(28)26-13-9-12-18(26)19(27)24-17-11-8-10-16(14-17)15-25(7)21(29)30-23(4,5)6/h8,10-11,14,18H,9,12-13,15H2,1-7H3,(H,24,27). The Hall–Kier alpha value is -2.57. The molecule has 166 valence electrons. The first-order chi connectivity index (χ1) is 13.8. The van der Waals surface area contributed by atoms with Crippen molar-refractivity contribution in [1.82, 2.24) is 9.80 Å². The number of benzene rings is 1. The molecule has 0 aromatic heterocycles. The lowest BCUT2D eigenvalue weighted by Gasteiger charge is -2.30. The summed E-state index contributed by atoms with van der Waals surface area (Å²) in [6.45, 7) is 12.0. The van der Waals surface area contributed by atoms with Crippen LogP contribution in [0.3, 0.4) is 0 Å². The molecule has 0 saturated carbocycles. The zero-order chi connectivity index (χ0) is 22.7. The second-order valence-electron chi connectivity index (χ2n) is 9.93. The molecule has 7 nitrogen and oxygen atoms in total. The Morgan fingerprint density at radius 1 is 1.17 bits per heavy atom. The van der Waals surface area contributed by atoms with Crippen LogP contribution < -0.4 is 5.32 Å². The summed E-state index contributed by atoms with van der Waals surface area (Å²) in [6.07, 6.45) is 1.08. The van der Waals surface area contributed by atoms with E-state index in [4.69, 9.17) is 4.74 Å². The smallest absolute Gasteiger partial charge is 0.410 e. The van der Waals surface area contributed by atoms with Crippen molar-refractivity contribution in [2.24, 2.45) is 5.41 Å². The largest absolute Gasteiger partial charge is 0.444 e. The molecule has 1 aromatic rings. The maximum atomic E-state index is 12.9. The van der Waals surface area contributed by atoms with E-state index in [9.17, 15) is 14.4 Å². The van der Waals surface area contributed by atoms with E-state index >= 15 is 0 Å². The SMILES string of the molecule is CN(Cc1cccc(NC(=O)C2CCCN2C(=O)C(C)(C)C)c1)C(=O)OC(C)(C)C. The Balaban J connectivity index is 2.03. The number of nitrogens with zero attached hydrogens (tertiary/aromatic N) is 2. The van der Waals surface area contributed by atoms with Gasteiger partial charge >= 0.3 is 6.09 Å². The number of carbonyl (C=O) groups excluding carboxylic acids is 3. The van der Waals surface area contributed by atoms with Gasteiger partial charge in [0.1, 0.15) is 11.6 Å². The molecular weight excluding hydrogens is 382 g/mol. The molecular formula is C23H35N3O4. The van der Waals surface area contributed by atoms with E-state index < -0.39 is 23.2 Å². The fourth-order valence-corrected chi connectivity index (χ4v) is 3.36. The number of amides is 3. The lowest BCUT2D eigenvalue weighted by molar-refractivity contribution is -0.143. The minimum absolute atomic E-state index is 0.00659. The molecule has 0 bridgehead atoms. The number of hydrogen-bond acceptors (Lipinski definition) is 4. The van der Waals surface area contributed by atoms with Gasteiger partial charge < -0.3 is 19.9 Å². The van der Waals surface area contributed by atoms with E-state index in [0.717, 1.165) is 12.0 Å². The lowest BCUT2D eigenvalue weighted by atomic mass is 9.94. The summed E-state index contributed by atoms with van der Waals surface area (Å²) in [5.41, 5.74) is 0.439. The highest BCUT2D eigenvalue weighted by atomic mass is 16.6. The average Bonchev–Trinajstić information content (AvgIpc) is 3.08. The van der Waals surface area contributed by atoms with Crippen LogP contribution in [0.2, 0.25) is 0 Å². The van der Waals surface area contributed by atoms with Crippen LogP contribution >= 0.6 is 0 Å². The molecule has 0 spiro atoms. The summed E-state index contributed by atoms with van der Waals surface area (Å²) in [7, 11) is 1.67. The molecule has 7 heteroatoms. The number of hydrogen-bond donors (Lipinski definition) is 1. The molecule has 0 aliphatic carbocycles. The van der Waals surface area contributed by atoms with Crippen molar-refractivity contribution in [2.45, 2.75) is 72.6 Å². The molecule has 0 radical (unpaired) electrons. The molecule has 1 atom stereocenters. The number of nitrogens with one attached hydrogen (secondary N) is 1. The molecule has 3 amide bonds. The third-order valence-corrected chi connectivity index (χ3v) is 4.78. The molecule has 30 heavy (non-hydrogen) atoms. The van der Waals surface area contributed by atoms with Crippen LogP contribution in [0.1, 0.15) is 59.9 Å². The highest BCUT2D eigenvalue weighted by molar-refractivity contribution is 5.98. The number of rotatable bonds is 4. The van der Waals surface area contributed by atoms with E-state index in [2.05, 4.69) is 5.32 Å². The van der Waals surface area contributed by atoms with Gasteiger partial charge in [-0.25, -0.2) is 4.79 Å². The number of ether oxygens (including phenoxy) is 1. The van der Waals surface area contributed by atoms with E-state index in [-0.39, 0.29) is 11.8 Å². The van der Waals surface area contributed by atoms with Gasteiger partial charge in [0, 0.05) is 31.2 Å². The van der Waals surface area contributed by atoms with Crippen molar-refractivity contribution in [3.05, 3.63) is 29.8 Å².